The Hall–Kier alpha value is -5.50. The first-order valence-corrected chi connectivity index (χ1v) is 16.3. The van der Waals surface area contributed by atoms with E-state index in [2.05, 4.69) is 158 Å². The van der Waals surface area contributed by atoms with E-state index >= 15 is 0 Å². The van der Waals surface area contributed by atoms with Gasteiger partial charge in [0.15, 0.2) is 0 Å². The number of rotatable bonds is 2. The van der Waals surface area contributed by atoms with Crippen LogP contribution in [0.2, 0.25) is 0 Å². The van der Waals surface area contributed by atoms with Gasteiger partial charge in [-0.15, -0.1) is 11.3 Å². The molecule has 1 aromatic heterocycles. The largest absolute Gasteiger partial charge is 0.135 e. The molecule has 9 aromatic carbocycles. The third-order valence-corrected chi connectivity index (χ3v) is 10.9. The van der Waals surface area contributed by atoms with Crippen molar-refractivity contribution in [3.05, 3.63) is 158 Å². The predicted molar refractivity (Wildman–Crippen MR) is 198 cm³/mol. The lowest BCUT2D eigenvalue weighted by Gasteiger charge is -2.12. The highest BCUT2D eigenvalue weighted by Crippen LogP contribution is 2.42. The van der Waals surface area contributed by atoms with Crippen molar-refractivity contribution in [1.82, 2.24) is 0 Å². The van der Waals surface area contributed by atoms with Crippen molar-refractivity contribution < 1.29 is 0 Å². The van der Waals surface area contributed by atoms with Crippen molar-refractivity contribution in [1.29, 1.82) is 0 Å². The number of hydrogen-bond acceptors (Lipinski definition) is 1. The maximum Gasteiger partial charge on any atom is 0.0433 e. The Bertz CT molecular complexity index is 2820. The van der Waals surface area contributed by atoms with Crippen LogP contribution < -0.4 is 0 Å². The Labute approximate surface area is 264 Å². The molecule has 0 atom stereocenters. The van der Waals surface area contributed by atoms with E-state index in [1.54, 1.807) is 0 Å². The Balaban J connectivity index is 1.16. The lowest BCUT2D eigenvalue weighted by Crippen LogP contribution is -1.85. The van der Waals surface area contributed by atoms with Gasteiger partial charge in [-0.05, 0) is 100 Å². The highest BCUT2D eigenvalue weighted by molar-refractivity contribution is 7.26. The van der Waals surface area contributed by atoms with Crippen LogP contribution in [-0.4, -0.2) is 0 Å². The number of benzene rings is 9. The molecule has 0 nitrogen and oxygen atoms in total. The summed E-state index contributed by atoms with van der Waals surface area (Å²) in [7, 11) is 0. The van der Waals surface area contributed by atoms with Gasteiger partial charge in [0, 0.05) is 20.2 Å². The van der Waals surface area contributed by atoms with Gasteiger partial charge in [-0.1, -0.05) is 133 Å². The Kier molecular flexibility index (Phi) is 5.25. The zero-order valence-electron chi connectivity index (χ0n) is 24.4. The quantitative estimate of drug-likeness (QED) is 0.177. The first-order chi connectivity index (χ1) is 22.3. The van der Waals surface area contributed by atoms with Crippen LogP contribution in [-0.2, 0) is 0 Å². The van der Waals surface area contributed by atoms with Gasteiger partial charge >= 0.3 is 0 Å². The summed E-state index contributed by atoms with van der Waals surface area (Å²) in [5, 5.41) is 15.6. The van der Waals surface area contributed by atoms with Crippen LogP contribution in [0.5, 0.6) is 0 Å². The van der Waals surface area contributed by atoms with E-state index in [1.807, 2.05) is 11.3 Å². The van der Waals surface area contributed by atoms with Gasteiger partial charge in [-0.2, -0.15) is 0 Å². The third kappa shape index (κ3) is 3.78. The summed E-state index contributed by atoms with van der Waals surface area (Å²) in [5.41, 5.74) is 5.07. The molecular weight excluding hydrogens is 561 g/mol. The van der Waals surface area contributed by atoms with Crippen molar-refractivity contribution in [3.63, 3.8) is 0 Å². The zero-order valence-corrected chi connectivity index (χ0v) is 25.2. The standard InChI is InChI=1S/C44H26S/c1-2-7-34-27(6-1)12-13-28-14-17-31(24-40(28)34)32-18-15-29-20-23-37-36(41(29)25-32)22-21-30-16-19-33(26-42(30)37)35-9-5-10-39-38-8-3-4-11-43(38)45-44(35)39/h1-26H. The van der Waals surface area contributed by atoms with E-state index in [-0.39, 0.29) is 0 Å². The number of thiophene rings is 1. The summed E-state index contributed by atoms with van der Waals surface area (Å²) in [6, 6.07) is 58.6. The van der Waals surface area contributed by atoms with Gasteiger partial charge in [0.1, 0.15) is 0 Å². The van der Waals surface area contributed by atoms with Crippen molar-refractivity contribution in [3.8, 4) is 22.3 Å². The highest BCUT2D eigenvalue weighted by Gasteiger charge is 2.13. The minimum absolute atomic E-state index is 1.25. The zero-order chi connectivity index (χ0) is 29.5. The van der Waals surface area contributed by atoms with Gasteiger partial charge in [0.05, 0.1) is 0 Å². The van der Waals surface area contributed by atoms with Crippen LogP contribution >= 0.6 is 11.3 Å². The molecule has 0 saturated heterocycles. The van der Waals surface area contributed by atoms with Gasteiger partial charge in [0.25, 0.3) is 0 Å². The van der Waals surface area contributed by atoms with Crippen molar-refractivity contribution in [2.75, 3.05) is 0 Å². The average molecular weight is 587 g/mol. The minimum atomic E-state index is 1.25. The van der Waals surface area contributed by atoms with E-state index < -0.39 is 0 Å². The number of hydrogen-bond donors (Lipinski definition) is 0. The van der Waals surface area contributed by atoms with E-state index in [1.165, 1.54) is 96.3 Å². The molecule has 0 radical (unpaired) electrons. The predicted octanol–water partition coefficient (Wildman–Crippen LogP) is 13.2. The van der Waals surface area contributed by atoms with E-state index in [4.69, 9.17) is 0 Å². The molecule has 0 unspecified atom stereocenters. The summed E-state index contributed by atoms with van der Waals surface area (Å²) < 4.78 is 2.70. The van der Waals surface area contributed by atoms with Gasteiger partial charge < -0.3 is 0 Å². The summed E-state index contributed by atoms with van der Waals surface area (Å²) in [4.78, 5) is 0. The smallest absolute Gasteiger partial charge is 0.0433 e. The lowest BCUT2D eigenvalue weighted by atomic mass is 9.92. The molecule has 10 rings (SSSR count). The normalized spacial score (nSPS) is 12.0. The van der Waals surface area contributed by atoms with Crippen molar-refractivity contribution in [2.24, 2.45) is 0 Å². The average Bonchev–Trinajstić information content (AvgIpc) is 3.49. The lowest BCUT2D eigenvalue weighted by molar-refractivity contribution is 1.69. The Morgan fingerprint density at radius 1 is 0.289 bits per heavy atom. The molecule has 45 heavy (non-hydrogen) atoms. The summed E-state index contributed by atoms with van der Waals surface area (Å²) >= 11 is 1.89. The van der Waals surface area contributed by atoms with Crippen LogP contribution in [0.15, 0.2) is 158 Å². The topological polar surface area (TPSA) is 0 Å². The van der Waals surface area contributed by atoms with Crippen LogP contribution in [0.1, 0.15) is 0 Å². The first kappa shape index (κ1) is 24.9. The molecule has 0 saturated carbocycles. The summed E-state index contributed by atoms with van der Waals surface area (Å²) in [6.07, 6.45) is 0. The molecule has 0 bridgehead atoms. The van der Waals surface area contributed by atoms with Crippen LogP contribution in [0, 0.1) is 0 Å². The molecular formula is C44H26S. The fourth-order valence-electron chi connectivity index (χ4n) is 7.37. The molecule has 0 aliphatic carbocycles. The Morgan fingerprint density at radius 3 is 1.49 bits per heavy atom. The van der Waals surface area contributed by atoms with Crippen LogP contribution in [0.4, 0.5) is 0 Å². The first-order valence-electron chi connectivity index (χ1n) is 15.5. The molecule has 0 N–H and O–H groups in total. The third-order valence-electron chi connectivity index (χ3n) is 9.63. The molecule has 0 aliphatic heterocycles. The summed E-state index contributed by atoms with van der Waals surface area (Å²) in [5.74, 6) is 0. The van der Waals surface area contributed by atoms with Crippen molar-refractivity contribution in [2.45, 2.75) is 0 Å². The second-order valence-electron chi connectivity index (χ2n) is 12.1. The maximum atomic E-state index is 2.40. The monoisotopic (exact) mass is 586 g/mol. The SMILES string of the molecule is c1ccc2c(c1)ccc1ccc(-c3ccc4ccc5c6cc(-c7cccc8c7sc7ccccc78)ccc6ccc5c4c3)cc12. The van der Waals surface area contributed by atoms with Crippen molar-refractivity contribution >= 4 is 85.4 Å². The van der Waals surface area contributed by atoms with Gasteiger partial charge in [-0.3, -0.25) is 0 Å². The number of fused-ring (bicyclic) bond motifs is 11. The summed E-state index contributed by atoms with van der Waals surface area (Å²) in [6.45, 7) is 0. The highest BCUT2D eigenvalue weighted by atomic mass is 32.1. The second-order valence-corrected chi connectivity index (χ2v) is 13.2. The molecule has 1 heterocycles. The molecule has 1 heteroatoms. The van der Waals surface area contributed by atoms with Crippen LogP contribution in [0.25, 0.3) is 96.3 Å². The molecule has 208 valence electrons. The Morgan fingerprint density at radius 2 is 0.778 bits per heavy atom. The fraction of sp³-hybridized carbons (Fsp3) is 0. The van der Waals surface area contributed by atoms with Gasteiger partial charge in [-0.25, -0.2) is 0 Å². The molecule has 0 fully saturated rings. The van der Waals surface area contributed by atoms with Gasteiger partial charge in [0.2, 0.25) is 0 Å². The van der Waals surface area contributed by atoms with Crippen LogP contribution in [0.3, 0.4) is 0 Å². The van der Waals surface area contributed by atoms with E-state index in [0.717, 1.165) is 0 Å². The van der Waals surface area contributed by atoms with E-state index in [0.29, 0.717) is 0 Å². The maximum absolute atomic E-state index is 2.40. The fourth-order valence-corrected chi connectivity index (χ4v) is 8.61. The molecule has 0 aliphatic rings. The minimum Gasteiger partial charge on any atom is -0.135 e. The second kappa shape index (κ2) is 9.50. The molecule has 10 aromatic rings. The van der Waals surface area contributed by atoms with E-state index in [9.17, 15) is 0 Å². The molecule has 0 spiro atoms. The molecule has 0 amide bonds.